The summed E-state index contributed by atoms with van der Waals surface area (Å²) in [5, 5.41) is 2.12. The maximum atomic E-state index is 13.0. The maximum absolute atomic E-state index is 13.0. The molecule has 0 saturated carbocycles. The minimum Gasteiger partial charge on any atom is -0.467 e. The van der Waals surface area contributed by atoms with Crippen molar-refractivity contribution in [2.45, 2.75) is 26.4 Å². The second kappa shape index (κ2) is 7.38. The number of furan rings is 1. The summed E-state index contributed by atoms with van der Waals surface area (Å²) < 4.78 is 5.51. The first-order valence-corrected chi connectivity index (χ1v) is 9.74. The summed E-state index contributed by atoms with van der Waals surface area (Å²) in [5.41, 5.74) is 3.54. The van der Waals surface area contributed by atoms with Gasteiger partial charge in [0.2, 0.25) is 5.91 Å². The van der Waals surface area contributed by atoms with Gasteiger partial charge in [-0.15, -0.1) is 11.3 Å². The first kappa shape index (κ1) is 16.9. The maximum Gasteiger partial charge on any atom is 0.242 e. The van der Waals surface area contributed by atoms with Gasteiger partial charge < -0.3 is 14.2 Å². The summed E-state index contributed by atoms with van der Waals surface area (Å²) in [7, 11) is 0. The number of hydrogen-bond acceptors (Lipinski definition) is 4. The van der Waals surface area contributed by atoms with Crippen molar-refractivity contribution in [1.82, 2.24) is 4.90 Å². The Labute approximate surface area is 157 Å². The number of carbonyl (C=O) groups excluding carboxylic acids is 1. The van der Waals surface area contributed by atoms with Crippen LogP contribution in [0.25, 0.3) is 0 Å². The Bertz CT molecular complexity index is 868. The van der Waals surface area contributed by atoms with Crippen molar-refractivity contribution in [3.05, 3.63) is 75.9 Å². The fourth-order valence-electron chi connectivity index (χ4n) is 3.31. The number of aryl methyl sites for hydroxylation is 1. The number of rotatable bonds is 5. The number of hydrogen-bond donors (Lipinski definition) is 0. The highest BCUT2D eigenvalue weighted by Gasteiger charge is 2.23. The van der Waals surface area contributed by atoms with Gasteiger partial charge in [0.1, 0.15) is 5.76 Å². The van der Waals surface area contributed by atoms with E-state index in [1.54, 1.807) is 17.6 Å². The normalized spacial score (nSPS) is 13.5. The van der Waals surface area contributed by atoms with Gasteiger partial charge in [0.25, 0.3) is 0 Å². The molecule has 0 unspecified atom stereocenters. The van der Waals surface area contributed by atoms with E-state index in [2.05, 4.69) is 47.5 Å². The van der Waals surface area contributed by atoms with Crippen molar-refractivity contribution in [2.75, 3.05) is 18.0 Å². The molecule has 0 radical (unpaired) electrons. The van der Waals surface area contributed by atoms with Gasteiger partial charge in [-0.1, -0.05) is 17.7 Å². The number of anilines is 1. The molecule has 26 heavy (non-hydrogen) atoms. The van der Waals surface area contributed by atoms with Crippen LogP contribution in [0.5, 0.6) is 0 Å². The first-order chi connectivity index (χ1) is 12.7. The summed E-state index contributed by atoms with van der Waals surface area (Å²) >= 11 is 1.79. The summed E-state index contributed by atoms with van der Waals surface area (Å²) in [5.74, 6) is 1.02. The third-order valence-corrected chi connectivity index (χ3v) is 5.84. The molecule has 1 aliphatic rings. The number of amides is 1. The zero-order chi connectivity index (χ0) is 17.9. The van der Waals surface area contributed by atoms with Crippen LogP contribution < -0.4 is 4.90 Å². The fourth-order valence-corrected chi connectivity index (χ4v) is 4.20. The SMILES string of the molecule is Cc1ccc(N(CC(=O)N2CCc3sccc3C2)Cc2ccco2)cc1. The molecule has 1 aromatic carbocycles. The summed E-state index contributed by atoms with van der Waals surface area (Å²) in [6.07, 6.45) is 2.63. The molecular weight excluding hydrogens is 344 g/mol. The summed E-state index contributed by atoms with van der Waals surface area (Å²) in [6.45, 7) is 4.52. The quantitative estimate of drug-likeness (QED) is 0.678. The van der Waals surface area contributed by atoms with E-state index < -0.39 is 0 Å². The van der Waals surface area contributed by atoms with Crippen molar-refractivity contribution >= 4 is 22.9 Å². The molecule has 0 atom stereocenters. The fraction of sp³-hybridized carbons (Fsp3) is 0.286. The first-order valence-electron chi connectivity index (χ1n) is 8.86. The number of nitrogens with zero attached hydrogens (tertiary/aromatic N) is 2. The number of benzene rings is 1. The van der Waals surface area contributed by atoms with Gasteiger partial charge in [0, 0.05) is 23.7 Å². The van der Waals surface area contributed by atoms with E-state index in [1.807, 2.05) is 17.0 Å². The van der Waals surface area contributed by atoms with Crippen LogP contribution in [0.4, 0.5) is 5.69 Å². The molecular formula is C21H22N2O2S. The Balaban J connectivity index is 1.50. The molecule has 4 nitrogen and oxygen atoms in total. The second-order valence-electron chi connectivity index (χ2n) is 6.71. The standard InChI is InChI=1S/C21H22N2O2S/c1-16-4-6-18(7-5-16)23(14-19-3-2-11-25-19)15-21(24)22-10-8-20-17(13-22)9-12-26-20/h2-7,9,11-12H,8,10,13-15H2,1H3. The molecule has 2 aromatic heterocycles. The van der Waals surface area contributed by atoms with E-state index in [4.69, 9.17) is 4.42 Å². The third kappa shape index (κ3) is 3.68. The van der Waals surface area contributed by atoms with Gasteiger partial charge in [-0.05, 0) is 54.6 Å². The van der Waals surface area contributed by atoms with Gasteiger partial charge in [0.05, 0.1) is 19.4 Å². The number of carbonyl (C=O) groups is 1. The second-order valence-corrected chi connectivity index (χ2v) is 7.71. The highest BCUT2D eigenvalue weighted by atomic mass is 32.1. The molecule has 0 saturated heterocycles. The molecule has 0 fully saturated rings. The van der Waals surface area contributed by atoms with Gasteiger partial charge >= 0.3 is 0 Å². The van der Waals surface area contributed by atoms with E-state index in [1.165, 1.54) is 16.0 Å². The molecule has 0 bridgehead atoms. The van der Waals surface area contributed by atoms with Crippen LogP contribution in [0.15, 0.2) is 58.5 Å². The summed E-state index contributed by atoms with van der Waals surface area (Å²) in [4.78, 5) is 18.4. The Kier molecular flexibility index (Phi) is 4.80. The topological polar surface area (TPSA) is 36.7 Å². The zero-order valence-electron chi connectivity index (χ0n) is 14.9. The van der Waals surface area contributed by atoms with Crippen molar-refractivity contribution in [3.8, 4) is 0 Å². The molecule has 0 N–H and O–H groups in total. The smallest absolute Gasteiger partial charge is 0.242 e. The van der Waals surface area contributed by atoms with Gasteiger partial charge in [0.15, 0.2) is 0 Å². The van der Waals surface area contributed by atoms with Crippen molar-refractivity contribution in [3.63, 3.8) is 0 Å². The van der Waals surface area contributed by atoms with E-state index in [0.717, 1.165) is 31.0 Å². The van der Waals surface area contributed by atoms with Gasteiger partial charge in [-0.3, -0.25) is 4.79 Å². The van der Waals surface area contributed by atoms with Crippen LogP contribution in [-0.2, 0) is 24.3 Å². The van der Waals surface area contributed by atoms with E-state index in [9.17, 15) is 4.79 Å². The van der Waals surface area contributed by atoms with Gasteiger partial charge in [-0.25, -0.2) is 0 Å². The van der Waals surface area contributed by atoms with Crippen molar-refractivity contribution < 1.29 is 9.21 Å². The van der Waals surface area contributed by atoms with Crippen LogP contribution in [-0.4, -0.2) is 23.9 Å². The number of fused-ring (bicyclic) bond motifs is 1. The zero-order valence-corrected chi connectivity index (χ0v) is 15.7. The van der Waals surface area contributed by atoms with E-state index in [0.29, 0.717) is 13.1 Å². The monoisotopic (exact) mass is 366 g/mol. The van der Waals surface area contributed by atoms with E-state index >= 15 is 0 Å². The van der Waals surface area contributed by atoms with Gasteiger partial charge in [-0.2, -0.15) is 0 Å². The lowest BCUT2D eigenvalue weighted by atomic mass is 10.1. The minimum atomic E-state index is 0.161. The largest absolute Gasteiger partial charge is 0.467 e. The van der Waals surface area contributed by atoms with E-state index in [-0.39, 0.29) is 5.91 Å². The lowest BCUT2D eigenvalue weighted by Gasteiger charge is -2.31. The van der Waals surface area contributed by atoms with Crippen LogP contribution in [0, 0.1) is 6.92 Å². The Morgan fingerprint density at radius 3 is 2.85 bits per heavy atom. The average molecular weight is 366 g/mol. The Morgan fingerprint density at radius 1 is 1.23 bits per heavy atom. The third-order valence-electron chi connectivity index (χ3n) is 4.81. The molecule has 3 aromatic rings. The predicted molar refractivity (Wildman–Crippen MR) is 104 cm³/mol. The lowest BCUT2D eigenvalue weighted by Crippen LogP contribution is -2.42. The number of thiophene rings is 1. The lowest BCUT2D eigenvalue weighted by molar-refractivity contribution is -0.130. The Hall–Kier alpha value is -2.53. The Morgan fingerprint density at radius 2 is 2.08 bits per heavy atom. The summed E-state index contributed by atoms with van der Waals surface area (Å²) in [6, 6.07) is 14.3. The van der Waals surface area contributed by atoms with Crippen LogP contribution in [0.2, 0.25) is 0 Å². The molecule has 1 aliphatic heterocycles. The highest BCUT2D eigenvalue weighted by molar-refractivity contribution is 7.10. The predicted octanol–water partition coefficient (Wildman–Crippen LogP) is 4.24. The molecule has 3 heterocycles. The van der Waals surface area contributed by atoms with Crippen LogP contribution >= 0.6 is 11.3 Å². The molecule has 5 heteroatoms. The highest BCUT2D eigenvalue weighted by Crippen LogP contribution is 2.25. The average Bonchev–Trinajstić information content (AvgIpc) is 3.32. The molecule has 4 rings (SSSR count). The van der Waals surface area contributed by atoms with Crippen LogP contribution in [0.3, 0.4) is 0 Å². The molecule has 134 valence electrons. The van der Waals surface area contributed by atoms with Crippen molar-refractivity contribution in [2.24, 2.45) is 0 Å². The van der Waals surface area contributed by atoms with Crippen LogP contribution in [0.1, 0.15) is 21.8 Å². The molecule has 1 amide bonds. The molecule has 0 spiro atoms. The van der Waals surface area contributed by atoms with Crippen molar-refractivity contribution in [1.29, 1.82) is 0 Å². The molecule has 0 aliphatic carbocycles. The minimum absolute atomic E-state index is 0.161.